The van der Waals surface area contributed by atoms with Crippen LogP contribution in [-0.2, 0) is 16.1 Å². The van der Waals surface area contributed by atoms with Gasteiger partial charge in [-0.1, -0.05) is 41.9 Å². The van der Waals surface area contributed by atoms with E-state index in [0.29, 0.717) is 6.61 Å². The minimum absolute atomic E-state index is 0.102. The highest BCUT2D eigenvalue weighted by Gasteiger charge is 2.10. The van der Waals surface area contributed by atoms with Crippen LogP contribution in [0.25, 0.3) is 0 Å². The second kappa shape index (κ2) is 6.81. The summed E-state index contributed by atoms with van der Waals surface area (Å²) in [6, 6.07) is 7.90. The molecule has 0 bridgehead atoms. The van der Waals surface area contributed by atoms with Crippen LogP contribution in [0.1, 0.15) is 25.8 Å². The van der Waals surface area contributed by atoms with Gasteiger partial charge in [-0.25, -0.2) is 0 Å². The summed E-state index contributed by atoms with van der Waals surface area (Å²) >= 11 is 3.37. The van der Waals surface area contributed by atoms with Gasteiger partial charge >= 0.3 is 0 Å². The number of ether oxygens (including phenoxy) is 1. The smallest absolute Gasteiger partial charge is 0.161 e. The lowest BCUT2D eigenvalue weighted by Gasteiger charge is -2.08. The maximum atomic E-state index is 11.5. The van der Waals surface area contributed by atoms with E-state index >= 15 is 0 Å². The molecule has 0 radical (unpaired) electrons. The topological polar surface area (TPSA) is 26.3 Å². The summed E-state index contributed by atoms with van der Waals surface area (Å²) in [5.74, 6) is 0.282. The molecule has 0 spiro atoms. The molecule has 16 heavy (non-hydrogen) atoms. The average Bonchev–Trinajstić information content (AvgIpc) is 2.30. The van der Waals surface area contributed by atoms with Gasteiger partial charge in [0.1, 0.15) is 6.61 Å². The third-order valence-corrected chi connectivity index (χ3v) is 3.12. The van der Waals surface area contributed by atoms with Crippen molar-refractivity contribution < 1.29 is 9.53 Å². The number of carbonyl (C=O) groups excluding carboxylic acids is 1. The van der Waals surface area contributed by atoms with Crippen LogP contribution in [0.2, 0.25) is 0 Å². The lowest BCUT2D eigenvalue weighted by Crippen LogP contribution is -2.16. The fraction of sp³-hybridized carbons (Fsp3) is 0.462. The van der Waals surface area contributed by atoms with Crippen LogP contribution in [0.15, 0.2) is 28.7 Å². The summed E-state index contributed by atoms with van der Waals surface area (Å²) in [6.07, 6.45) is 0.875. The largest absolute Gasteiger partial charge is 0.369 e. The zero-order valence-electron chi connectivity index (χ0n) is 9.70. The molecule has 0 amide bonds. The molecule has 88 valence electrons. The summed E-state index contributed by atoms with van der Waals surface area (Å²) < 4.78 is 6.43. The van der Waals surface area contributed by atoms with Gasteiger partial charge in [-0.3, -0.25) is 4.79 Å². The van der Waals surface area contributed by atoms with E-state index < -0.39 is 0 Å². The molecule has 1 rings (SSSR count). The lowest BCUT2D eigenvalue weighted by molar-refractivity contribution is -0.127. The Morgan fingerprint density at radius 1 is 1.38 bits per heavy atom. The zero-order valence-corrected chi connectivity index (χ0v) is 11.3. The molecule has 2 nitrogen and oxygen atoms in total. The molecule has 3 heteroatoms. The van der Waals surface area contributed by atoms with Crippen LogP contribution in [-0.4, -0.2) is 12.4 Å². The minimum Gasteiger partial charge on any atom is -0.369 e. The van der Waals surface area contributed by atoms with Crippen molar-refractivity contribution in [2.75, 3.05) is 6.61 Å². The summed E-state index contributed by atoms with van der Waals surface area (Å²) in [7, 11) is 0. The van der Waals surface area contributed by atoms with Gasteiger partial charge in [-0.15, -0.1) is 0 Å². The SMILES string of the molecule is CCC(C)C(=O)COCc1ccc(Br)cc1. The second-order valence-corrected chi connectivity index (χ2v) is 4.81. The van der Waals surface area contributed by atoms with E-state index in [1.54, 1.807) is 0 Å². The van der Waals surface area contributed by atoms with E-state index in [-0.39, 0.29) is 18.3 Å². The predicted octanol–water partition coefficient (Wildman–Crippen LogP) is 3.58. The van der Waals surface area contributed by atoms with E-state index in [4.69, 9.17) is 4.74 Å². The molecule has 1 unspecified atom stereocenters. The summed E-state index contributed by atoms with van der Waals surface area (Å²) in [5, 5.41) is 0. The van der Waals surface area contributed by atoms with E-state index in [1.165, 1.54) is 0 Å². The number of hydrogen-bond acceptors (Lipinski definition) is 2. The van der Waals surface area contributed by atoms with Crippen LogP contribution >= 0.6 is 15.9 Å². The molecule has 1 aromatic rings. The number of hydrogen-bond donors (Lipinski definition) is 0. The van der Waals surface area contributed by atoms with Gasteiger partial charge in [0.15, 0.2) is 5.78 Å². The van der Waals surface area contributed by atoms with Crippen molar-refractivity contribution >= 4 is 21.7 Å². The van der Waals surface area contributed by atoms with Crippen LogP contribution < -0.4 is 0 Å². The zero-order chi connectivity index (χ0) is 12.0. The van der Waals surface area contributed by atoms with Crippen LogP contribution in [0.3, 0.4) is 0 Å². The Hall–Kier alpha value is -0.670. The van der Waals surface area contributed by atoms with E-state index in [0.717, 1.165) is 16.5 Å². The number of benzene rings is 1. The maximum absolute atomic E-state index is 11.5. The Morgan fingerprint density at radius 2 is 2.00 bits per heavy atom. The van der Waals surface area contributed by atoms with Gasteiger partial charge in [0.2, 0.25) is 0 Å². The van der Waals surface area contributed by atoms with Crippen LogP contribution in [0, 0.1) is 5.92 Å². The van der Waals surface area contributed by atoms with Crippen molar-refractivity contribution in [1.82, 2.24) is 0 Å². The standard InChI is InChI=1S/C13H17BrO2/c1-3-10(2)13(15)9-16-8-11-4-6-12(14)7-5-11/h4-7,10H,3,8-9H2,1-2H3. The highest BCUT2D eigenvalue weighted by Crippen LogP contribution is 2.11. The molecule has 0 saturated heterocycles. The van der Waals surface area contributed by atoms with Crippen molar-refractivity contribution in [2.24, 2.45) is 5.92 Å². The Balaban J connectivity index is 2.30. The van der Waals surface area contributed by atoms with Crippen molar-refractivity contribution in [1.29, 1.82) is 0 Å². The Kier molecular flexibility index (Phi) is 5.71. The first-order valence-electron chi connectivity index (χ1n) is 5.48. The van der Waals surface area contributed by atoms with Gasteiger partial charge in [-0.2, -0.15) is 0 Å². The van der Waals surface area contributed by atoms with Gasteiger partial charge < -0.3 is 4.74 Å². The molecule has 0 saturated carbocycles. The van der Waals surface area contributed by atoms with Gasteiger partial charge in [0.25, 0.3) is 0 Å². The predicted molar refractivity (Wildman–Crippen MR) is 68.3 cm³/mol. The number of ketones is 1. The van der Waals surface area contributed by atoms with E-state index in [2.05, 4.69) is 15.9 Å². The third-order valence-electron chi connectivity index (χ3n) is 2.59. The molecule has 0 N–H and O–H groups in total. The summed E-state index contributed by atoms with van der Waals surface area (Å²) in [6.45, 7) is 4.66. The van der Waals surface area contributed by atoms with Crippen molar-refractivity contribution in [3.8, 4) is 0 Å². The van der Waals surface area contributed by atoms with Crippen molar-refractivity contribution in [3.63, 3.8) is 0 Å². The normalized spacial score (nSPS) is 12.4. The second-order valence-electron chi connectivity index (χ2n) is 3.89. The maximum Gasteiger partial charge on any atom is 0.161 e. The first kappa shape index (κ1) is 13.4. The first-order valence-corrected chi connectivity index (χ1v) is 6.27. The fourth-order valence-corrected chi connectivity index (χ4v) is 1.48. The average molecular weight is 285 g/mol. The fourth-order valence-electron chi connectivity index (χ4n) is 1.22. The molecular weight excluding hydrogens is 268 g/mol. The Morgan fingerprint density at radius 3 is 2.56 bits per heavy atom. The monoisotopic (exact) mass is 284 g/mol. The van der Waals surface area contributed by atoms with Gasteiger partial charge in [-0.05, 0) is 24.1 Å². The lowest BCUT2D eigenvalue weighted by atomic mass is 10.1. The summed E-state index contributed by atoms with van der Waals surface area (Å²) in [4.78, 5) is 11.5. The molecule has 1 atom stereocenters. The molecular formula is C13H17BrO2. The Bertz CT molecular complexity index is 332. The quantitative estimate of drug-likeness (QED) is 0.798. The molecule has 0 aliphatic carbocycles. The molecule has 0 aliphatic heterocycles. The Labute approximate surface area is 105 Å². The van der Waals surface area contributed by atoms with Crippen molar-refractivity contribution in [3.05, 3.63) is 34.3 Å². The number of carbonyl (C=O) groups is 1. The number of rotatable bonds is 6. The van der Waals surface area contributed by atoms with Crippen LogP contribution in [0.5, 0.6) is 0 Å². The first-order chi connectivity index (χ1) is 7.63. The third kappa shape index (κ3) is 4.45. The highest BCUT2D eigenvalue weighted by atomic mass is 79.9. The van der Waals surface area contributed by atoms with Crippen LogP contribution in [0.4, 0.5) is 0 Å². The molecule has 1 aromatic carbocycles. The van der Waals surface area contributed by atoms with Crippen molar-refractivity contribution in [2.45, 2.75) is 26.9 Å². The molecule has 0 heterocycles. The highest BCUT2D eigenvalue weighted by molar-refractivity contribution is 9.10. The minimum atomic E-state index is 0.102. The van der Waals surface area contributed by atoms with Gasteiger partial charge in [0, 0.05) is 10.4 Å². The molecule has 0 fully saturated rings. The van der Waals surface area contributed by atoms with Gasteiger partial charge in [0.05, 0.1) is 6.61 Å². The number of halogens is 1. The van der Waals surface area contributed by atoms with E-state index in [9.17, 15) is 4.79 Å². The van der Waals surface area contributed by atoms with E-state index in [1.807, 2.05) is 38.1 Å². The summed E-state index contributed by atoms with van der Waals surface area (Å²) in [5.41, 5.74) is 1.08. The number of Topliss-reactive ketones (excluding diaryl/α,β-unsaturated/α-hetero) is 1. The molecule has 0 aromatic heterocycles. The molecule has 0 aliphatic rings.